The lowest BCUT2D eigenvalue weighted by molar-refractivity contribution is 0.102. The SMILES string of the molecule is CCn1cc(C(=O)Nc2cccc(-c3noc(=O)[nH]3)c2)cn1. The number of hydrogen-bond donors (Lipinski definition) is 2. The summed E-state index contributed by atoms with van der Waals surface area (Å²) in [4.78, 5) is 25.6. The van der Waals surface area contributed by atoms with Gasteiger partial charge in [-0.05, 0) is 19.1 Å². The van der Waals surface area contributed by atoms with Crippen molar-refractivity contribution in [1.82, 2.24) is 19.9 Å². The van der Waals surface area contributed by atoms with Crippen molar-refractivity contribution in [2.24, 2.45) is 0 Å². The Balaban J connectivity index is 1.80. The number of aromatic nitrogens is 4. The topological polar surface area (TPSA) is 106 Å². The predicted octanol–water partition coefficient (Wildman–Crippen LogP) is 1.50. The predicted molar refractivity (Wildman–Crippen MR) is 78.4 cm³/mol. The molecule has 0 saturated carbocycles. The van der Waals surface area contributed by atoms with Crippen LogP contribution in [0, 0.1) is 0 Å². The molecule has 0 aliphatic heterocycles. The van der Waals surface area contributed by atoms with Crippen LogP contribution in [0.1, 0.15) is 17.3 Å². The van der Waals surface area contributed by atoms with Gasteiger partial charge in [0.2, 0.25) is 0 Å². The number of aromatic amines is 1. The number of carbonyl (C=O) groups is 1. The minimum atomic E-state index is -0.628. The molecule has 112 valence electrons. The van der Waals surface area contributed by atoms with Gasteiger partial charge in [0, 0.05) is 24.0 Å². The molecule has 0 bridgehead atoms. The van der Waals surface area contributed by atoms with Gasteiger partial charge in [0.15, 0.2) is 5.82 Å². The van der Waals surface area contributed by atoms with Crippen molar-refractivity contribution >= 4 is 11.6 Å². The molecule has 0 saturated heterocycles. The van der Waals surface area contributed by atoms with Gasteiger partial charge in [-0.15, -0.1) is 0 Å². The van der Waals surface area contributed by atoms with Crippen LogP contribution in [0.3, 0.4) is 0 Å². The molecule has 1 aromatic carbocycles. The third-order valence-corrected chi connectivity index (χ3v) is 3.05. The molecule has 0 radical (unpaired) electrons. The Bertz CT molecular complexity index is 861. The Kier molecular flexibility index (Phi) is 3.57. The van der Waals surface area contributed by atoms with Gasteiger partial charge in [0.1, 0.15) is 0 Å². The number of anilines is 1. The Morgan fingerprint density at radius 3 is 3.00 bits per heavy atom. The first-order valence-corrected chi connectivity index (χ1v) is 6.66. The first-order chi connectivity index (χ1) is 10.7. The van der Waals surface area contributed by atoms with E-state index < -0.39 is 5.76 Å². The summed E-state index contributed by atoms with van der Waals surface area (Å²) >= 11 is 0. The van der Waals surface area contributed by atoms with Crippen molar-refractivity contribution < 1.29 is 9.32 Å². The molecule has 3 rings (SSSR count). The Morgan fingerprint density at radius 1 is 1.45 bits per heavy atom. The summed E-state index contributed by atoms with van der Waals surface area (Å²) in [6, 6.07) is 6.92. The number of benzene rings is 1. The van der Waals surface area contributed by atoms with Gasteiger partial charge < -0.3 is 5.32 Å². The minimum Gasteiger partial charge on any atom is -0.322 e. The molecule has 2 N–H and O–H groups in total. The summed E-state index contributed by atoms with van der Waals surface area (Å²) in [6.45, 7) is 2.64. The highest BCUT2D eigenvalue weighted by Gasteiger charge is 2.10. The lowest BCUT2D eigenvalue weighted by atomic mass is 10.2. The fourth-order valence-corrected chi connectivity index (χ4v) is 1.96. The third kappa shape index (κ3) is 2.80. The third-order valence-electron chi connectivity index (χ3n) is 3.05. The molecule has 0 unspecified atom stereocenters. The summed E-state index contributed by atoms with van der Waals surface area (Å²) < 4.78 is 6.14. The zero-order valence-electron chi connectivity index (χ0n) is 11.7. The van der Waals surface area contributed by atoms with E-state index in [0.717, 1.165) is 0 Å². The largest absolute Gasteiger partial charge is 0.439 e. The summed E-state index contributed by atoms with van der Waals surface area (Å²) in [7, 11) is 0. The second kappa shape index (κ2) is 5.68. The van der Waals surface area contributed by atoms with Gasteiger partial charge in [-0.3, -0.25) is 19.0 Å². The van der Waals surface area contributed by atoms with Crippen LogP contribution in [0.4, 0.5) is 5.69 Å². The first-order valence-electron chi connectivity index (χ1n) is 6.66. The maximum absolute atomic E-state index is 12.1. The normalized spacial score (nSPS) is 10.6. The molecular weight excluding hydrogens is 286 g/mol. The second-order valence-electron chi connectivity index (χ2n) is 4.56. The molecule has 0 aliphatic carbocycles. The number of H-pyrrole nitrogens is 1. The fourth-order valence-electron chi connectivity index (χ4n) is 1.96. The highest BCUT2D eigenvalue weighted by atomic mass is 16.5. The minimum absolute atomic E-state index is 0.259. The second-order valence-corrected chi connectivity index (χ2v) is 4.56. The van der Waals surface area contributed by atoms with E-state index in [2.05, 4.69) is 25.1 Å². The Hall–Kier alpha value is -3.16. The van der Waals surface area contributed by atoms with E-state index in [1.807, 2.05) is 6.92 Å². The molecule has 8 nitrogen and oxygen atoms in total. The van der Waals surface area contributed by atoms with E-state index in [4.69, 9.17) is 0 Å². The maximum atomic E-state index is 12.1. The molecule has 0 atom stereocenters. The van der Waals surface area contributed by atoms with Crippen molar-refractivity contribution in [3.05, 3.63) is 52.8 Å². The highest BCUT2D eigenvalue weighted by molar-refractivity contribution is 6.04. The van der Waals surface area contributed by atoms with Gasteiger partial charge in [-0.25, -0.2) is 4.79 Å². The van der Waals surface area contributed by atoms with Crippen molar-refractivity contribution in [1.29, 1.82) is 0 Å². The van der Waals surface area contributed by atoms with Crippen molar-refractivity contribution in [2.45, 2.75) is 13.5 Å². The number of aryl methyl sites for hydroxylation is 1. The van der Waals surface area contributed by atoms with Crippen LogP contribution in [0.2, 0.25) is 0 Å². The van der Waals surface area contributed by atoms with E-state index in [1.165, 1.54) is 6.20 Å². The highest BCUT2D eigenvalue weighted by Crippen LogP contribution is 2.19. The van der Waals surface area contributed by atoms with E-state index >= 15 is 0 Å². The molecule has 1 amide bonds. The summed E-state index contributed by atoms with van der Waals surface area (Å²) in [5.74, 6) is -0.582. The van der Waals surface area contributed by atoms with Gasteiger partial charge >= 0.3 is 5.76 Å². The maximum Gasteiger partial charge on any atom is 0.439 e. The zero-order valence-corrected chi connectivity index (χ0v) is 11.7. The average molecular weight is 299 g/mol. The van der Waals surface area contributed by atoms with E-state index in [9.17, 15) is 9.59 Å². The van der Waals surface area contributed by atoms with Gasteiger partial charge in [-0.1, -0.05) is 17.3 Å². The van der Waals surface area contributed by atoms with Crippen LogP contribution >= 0.6 is 0 Å². The molecule has 0 spiro atoms. The van der Waals surface area contributed by atoms with Crippen molar-refractivity contribution in [3.8, 4) is 11.4 Å². The number of carbonyl (C=O) groups excluding carboxylic acids is 1. The van der Waals surface area contributed by atoms with Crippen LogP contribution in [0.5, 0.6) is 0 Å². The molecule has 22 heavy (non-hydrogen) atoms. The first kappa shape index (κ1) is 13.8. The molecule has 3 aromatic rings. The van der Waals surface area contributed by atoms with Crippen molar-refractivity contribution in [2.75, 3.05) is 5.32 Å². The van der Waals surface area contributed by atoms with Crippen LogP contribution < -0.4 is 11.1 Å². The summed E-state index contributed by atoms with van der Waals surface area (Å²) in [6.07, 6.45) is 3.19. The van der Waals surface area contributed by atoms with Crippen LogP contribution in [-0.4, -0.2) is 25.8 Å². The van der Waals surface area contributed by atoms with Crippen LogP contribution in [0.15, 0.2) is 46.0 Å². The number of hydrogen-bond acceptors (Lipinski definition) is 5. The van der Waals surface area contributed by atoms with Crippen molar-refractivity contribution in [3.63, 3.8) is 0 Å². The van der Waals surface area contributed by atoms with E-state index in [-0.39, 0.29) is 5.91 Å². The van der Waals surface area contributed by atoms with Gasteiger partial charge in [0.25, 0.3) is 5.91 Å². The molecule has 8 heteroatoms. The van der Waals surface area contributed by atoms with Crippen LogP contribution in [0.25, 0.3) is 11.4 Å². The van der Waals surface area contributed by atoms with Gasteiger partial charge in [0.05, 0.1) is 11.8 Å². The monoisotopic (exact) mass is 299 g/mol. The Morgan fingerprint density at radius 2 is 2.32 bits per heavy atom. The van der Waals surface area contributed by atoms with Crippen LogP contribution in [-0.2, 0) is 6.54 Å². The summed E-state index contributed by atoms with van der Waals surface area (Å²) in [5.41, 5.74) is 1.69. The lowest BCUT2D eigenvalue weighted by Gasteiger charge is -2.04. The molecule has 0 aliphatic rings. The average Bonchev–Trinajstić information content (AvgIpc) is 3.16. The zero-order chi connectivity index (χ0) is 15.5. The number of amides is 1. The fraction of sp³-hybridized carbons (Fsp3) is 0.143. The van der Waals surface area contributed by atoms with E-state index in [1.54, 1.807) is 35.1 Å². The smallest absolute Gasteiger partial charge is 0.322 e. The lowest BCUT2D eigenvalue weighted by Crippen LogP contribution is -2.11. The quantitative estimate of drug-likeness (QED) is 0.759. The molecule has 0 fully saturated rings. The molecular formula is C14H13N5O3. The number of nitrogens with one attached hydrogen (secondary N) is 2. The molecule has 2 aromatic heterocycles. The molecule has 2 heterocycles. The van der Waals surface area contributed by atoms with Gasteiger partial charge in [-0.2, -0.15) is 5.10 Å². The standard InChI is InChI=1S/C14H13N5O3/c1-2-19-8-10(7-15-19)13(20)16-11-5-3-4-9(6-11)12-17-14(21)22-18-12/h3-8H,2H2,1H3,(H,16,20)(H,17,18,21). The number of nitrogens with zero attached hydrogens (tertiary/aromatic N) is 3. The Labute approximate surface area is 124 Å². The number of rotatable bonds is 4. The van der Waals surface area contributed by atoms with E-state index in [0.29, 0.717) is 29.2 Å². The summed E-state index contributed by atoms with van der Waals surface area (Å²) in [5, 5.41) is 10.4.